The van der Waals surface area contributed by atoms with Crippen molar-refractivity contribution in [3.8, 4) is 5.75 Å². The molecule has 0 aliphatic carbocycles. The first-order chi connectivity index (χ1) is 18.1. The summed E-state index contributed by atoms with van der Waals surface area (Å²) in [6, 6.07) is 12.2. The van der Waals surface area contributed by atoms with Gasteiger partial charge < -0.3 is 19.8 Å². The van der Waals surface area contributed by atoms with Gasteiger partial charge >= 0.3 is 5.97 Å². The van der Waals surface area contributed by atoms with E-state index < -0.39 is 11.6 Å². The largest absolute Gasteiger partial charge is 0.487 e. The van der Waals surface area contributed by atoms with Gasteiger partial charge in [-0.15, -0.1) is 0 Å². The van der Waals surface area contributed by atoms with Crippen LogP contribution in [0.15, 0.2) is 36.4 Å². The Bertz CT molecular complexity index is 1160. The number of ether oxygens (including phenoxy) is 1. The van der Waals surface area contributed by atoms with E-state index in [1.807, 2.05) is 39.0 Å². The number of carbonyl (C=O) groups excluding carboxylic acids is 1. The van der Waals surface area contributed by atoms with E-state index in [0.29, 0.717) is 12.0 Å². The molecular weight excluding hydrogens is 490 g/mol. The van der Waals surface area contributed by atoms with Crippen LogP contribution in [0.4, 0.5) is 0 Å². The summed E-state index contributed by atoms with van der Waals surface area (Å²) in [5.41, 5.74) is 3.09. The number of amides is 1. The molecule has 0 radical (unpaired) electrons. The molecule has 2 aromatic carbocycles. The average Bonchev–Trinajstić information content (AvgIpc) is 2.85. The number of nitrogens with zero attached hydrogens (tertiary/aromatic N) is 1. The normalized spacial score (nSPS) is 14.4. The lowest BCUT2D eigenvalue weighted by Crippen LogP contribution is -2.53. The van der Waals surface area contributed by atoms with Crippen LogP contribution in [0.5, 0.6) is 5.75 Å². The van der Waals surface area contributed by atoms with Crippen molar-refractivity contribution in [3.05, 3.63) is 64.2 Å². The van der Waals surface area contributed by atoms with Crippen LogP contribution in [-0.4, -0.2) is 52.3 Å². The molecule has 0 heterocycles. The fourth-order valence-electron chi connectivity index (χ4n) is 5.85. The van der Waals surface area contributed by atoms with Crippen LogP contribution < -0.4 is 4.74 Å². The quantitative estimate of drug-likeness (QED) is 0.306. The zero-order valence-corrected chi connectivity index (χ0v) is 25.6. The minimum atomic E-state index is -1.04. The summed E-state index contributed by atoms with van der Waals surface area (Å²) in [5, 5.41) is 20.6. The maximum absolute atomic E-state index is 12.8. The molecule has 0 aromatic heterocycles. The number of aliphatic carboxylic acids is 1. The van der Waals surface area contributed by atoms with E-state index in [4.69, 9.17) is 9.84 Å². The van der Waals surface area contributed by atoms with E-state index in [0.717, 1.165) is 41.7 Å². The molecule has 0 aliphatic heterocycles. The summed E-state index contributed by atoms with van der Waals surface area (Å²) in [4.78, 5) is 25.1. The lowest BCUT2D eigenvalue weighted by atomic mass is 9.69. The Balaban J connectivity index is 2.45. The highest BCUT2D eigenvalue weighted by molar-refractivity contribution is 5.97. The van der Waals surface area contributed by atoms with Crippen molar-refractivity contribution in [1.82, 2.24) is 4.90 Å². The Hall–Kier alpha value is -2.86. The van der Waals surface area contributed by atoms with Crippen molar-refractivity contribution in [2.24, 2.45) is 5.41 Å². The molecule has 2 rings (SSSR count). The first kappa shape index (κ1) is 32.4. The highest BCUT2D eigenvalue weighted by atomic mass is 16.5. The van der Waals surface area contributed by atoms with Crippen molar-refractivity contribution >= 4 is 11.9 Å². The summed E-state index contributed by atoms with van der Waals surface area (Å²) < 4.78 is 6.41. The van der Waals surface area contributed by atoms with E-state index in [1.165, 1.54) is 17.5 Å². The molecule has 2 N–H and O–H groups in total. The van der Waals surface area contributed by atoms with Crippen molar-refractivity contribution in [1.29, 1.82) is 0 Å². The summed E-state index contributed by atoms with van der Waals surface area (Å²) in [5.74, 6) is -0.573. The summed E-state index contributed by atoms with van der Waals surface area (Å²) in [6.07, 6.45) is 2.88. The third kappa shape index (κ3) is 6.66. The number of aryl methyl sites for hydroxylation is 2. The van der Waals surface area contributed by atoms with Gasteiger partial charge in [-0.25, -0.2) is 0 Å². The summed E-state index contributed by atoms with van der Waals surface area (Å²) in [6.45, 7) is 18.2. The number of likely N-dealkylation sites (N-methyl/N-ethyl adjacent to an activating group) is 1. The third-order valence-electron chi connectivity index (χ3n) is 8.57. The van der Waals surface area contributed by atoms with Crippen LogP contribution in [0, 0.1) is 19.3 Å². The standard InChI is InChI=1S/C33H49NO5/c1-11-18-33(38,31(7,8)9)24(6)39-28-17-15-26(20-23(28)5)32(12-2,13-3)25-14-16-27(22(4)19-25)30(37)34(10)21-29(35)36/h14-17,19-20,24,38H,11-13,18,21H2,1-10H3,(H,35,36). The Kier molecular flexibility index (Phi) is 10.4. The van der Waals surface area contributed by atoms with Gasteiger partial charge in [0.25, 0.3) is 5.91 Å². The van der Waals surface area contributed by atoms with Gasteiger partial charge in [0.2, 0.25) is 0 Å². The topological polar surface area (TPSA) is 87.1 Å². The van der Waals surface area contributed by atoms with Crippen LogP contribution in [-0.2, 0) is 10.2 Å². The predicted molar refractivity (Wildman–Crippen MR) is 158 cm³/mol. The number of rotatable bonds is 12. The number of carboxylic acid groups (broad SMARTS) is 1. The first-order valence-corrected chi connectivity index (χ1v) is 14.2. The molecule has 0 saturated carbocycles. The molecule has 39 heavy (non-hydrogen) atoms. The van der Waals surface area contributed by atoms with Gasteiger partial charge in [0.1, 0.15) is 24.0 Å². The van der Waals surface area contributed by atoms with Crippen LogP contribution in [0.25, 0.3) is 0 Å². The first-order valence-electron chi connectivity index (χ1n) is 14.2. The Morgan fingerprint density at radius 3 is 1.92 bits per heavy atom. The monoisotopic (exact) mass is 539 g/mol. The maximum atomic E-state index is 12.8. The van der Waals surface area contributed by atoms with Gasteiger partial charge in [-0.2, -0.15) is 0 Å². The summed E-state index contributed by atoms with van der Waals surface area (Å²) in [7, 11) is 1.50. The molecule has 0 spiro atoms. The fourth-order valence-corrected chi connectivity index (χ4v) is 5.85. The summed E-state index contributed by atoms with van der Waals surface area (Å²) >= 11 is 0. The second-order valence-corrected chi connectivity index (χ2v) is 12.0. The smallest absolute Gasteiger partial charge is 0.323 e. The van der Waals surface area contributed by atoms with Crippen molar-refractivity contribution in [2.75, 3.05) is 13.6 Å². The molecular formula is C33H49NO5. The van der Waals surface area contributed by atoms with Crippen LogP contribution >= 0.6 is 0 Å². The van der Waals surface area contributed by atoms with Crippen molar-refractivity contribution < 1.29 is 24.5 Å². The number of benzene rings is 2. The molecule has 216 valence electrons. The van der Waals surface area contributed by atoms with E-state index >= 15 is 0 Å². The Labute approximate surface area is 235 Å². The van der Waals surface area contributed by atoms with Gasteiger partial charge in [0.15, 0.2) is 0 Å². The second-order valence-electron chi connectivity index (χ2n) is 12.0. The van der Waals surface area contributed by atoms with E-state index in [9.17, 15) is 14.7 Å². The molecule has 2 aromatic rings. The zero-order chi connectivity index (χ0) is 29.8. The van der Waals surface area contributed by atoms with Gasteiger partial charge in [-0.3, -0.25) is 9.59 Å². The van der Waals surface area contributed by atoms with E-state index in [2.05, 4.69) is 59.7 Å². The highest BCUT2D eigenvalue weighted by Crippen LogP contribution is 2.42. The second kappa shape index (κ2) is 12.5. The highest BCUT2D eigenvalue weighted by Gasteiger charge is 2.45. The molecule has 6 nitrogen and oxygen atoms in total. The molecule has 1 amide bonds. The molecule has 0 aliphatic rings. The zero-order valence-electron chi connectivity index (χ0n) is 25.6. The number of carbonyl (C=O) groups is 2. The van der Waals surface area contributed by atoms with Crippen LogP contribution in [0.3, 0.4) is 0 Å². The third-order valence-corrected chi connectivity index (χ3v) is 8.57. The Morgan fingerprint density at radius 2 is 1.49 bits per heavy atom. The minimum Gasteiger partial charge on any atom is -0.487 e. The van der Waals surface area contributed by atoms with Gasteiger partial charge in [0, 0.05) is 18.0 Å². The minimum absolute atomic E-state index is 0.261. The van der Waals surface area contributed by atoms with Gasteiger partial charge in [-0.05, 0) is 79.8 Å². The van der Waals surface area contributed by atoms with Crippen LogP contribution in [0.1, 0.15) is 107 Å². The lowest BCUT2D eigenvalue weighted by Gasteiger charge is -2.44. The van der Waals surface area contributed by atoms with Crippen molar-refractivity contribution in [3.63, 3.8) is 0 Å². The predicted octanol–water partition coefficient (Wildman–Crippen LogP) is 6.91. The number of hydrogen-bond acceptors (Lipinski definition) is 4. The number of carboxylic acids is 1. The lowest BCUT2D eigenvalue weighted by molar-refractivity contribution is -0.137. The fraction of sp³-hybridized carbons (Fsp3) is 0.576. The number of aliphatic hydroxyl groups is 1. The molecule has 0 fully saturated rings. The van der Waals surface area contributed by atoms with Gasteiger partial charge in [0.05, 0.1) is 0 Å². The molecule has 0 saturated heterocycles. The maximum Gasteiger partial charge on any atom is 0.323 e. The number of hydrogen-bond donors (Lipinski definition) is 2. The SMILES string of the molecule is CCCC(O)(C(C)Oc1ccc(C(CC)(CC)c2ccc(C(=O)N(C)CC(=O)O)c(C)c2)cc1C)C(C)(C)C. The van der Waals surface area contributed by atoms with Crippen molar-refractivity contribution in [2.45, 2.75) is 105 Å². The molecule has 2 unspecified atom stereocenters. The molecule has 2 atom stereocenters. The van der Waals surface area contributed by atoms with E-state index in [-0.39, 0.29) is 29.4 Å². The van der Waals surface area contributed by atoms with Crippen LogP contribution in [0.2, 0.25) is 0 Å². The Morgan fingerprint density at radius 1 is 0.949 bits per heavy atom. The molecule has 0 bridgehead atoms. The molecule has 6 heteroatoms. The van der Waals surface area contributed by atoms with Gasteiger partial charge in [-0.1, -0.05) is 72.2 Å². The average molecular weight is 540 g/mol. The van der Waals surface area contributed by atoms with E-state index in [1.54, 1.807) is 0 Å².